The molecule has 0 bridgehead atoms. The van der Waals surface area contributed by atoms with E-state index in [1.54, 1.807) is 7.11 Å². The van der Waals surface area contributed by atoms with Gasteiger partial charge in [-0.3, -0.25) is 9.69 Å². The van der Waals surface area contributed by atoms with E-state index in [9.17, 15) is 9.59 Å². The SMILES string of the molecule is COc1ccccc1-c1csc(NC(=O)C2CCCN2C(=O)OCC(C)C)n1. The first-order valence-corrected chi connectivity index (χ1v) is 10.2. The maximum Gasteiger partial charge on any atom is 0.410 e. The van der Waals surface area contributed by atoms with Crippen molar-refractivity contribution in [2.75, 3.05) is 25.6 Å². The molecule has 2 amide bonds. The molecule has 150 valence electrons. The Hall–Kier alpha value is -2.61. The molecule has 1 saturated heterocycles. The Labute approximate surface area is 168 Å². The van der Waals surface area contributed by atoms with Gasteiger partial charge in [-0.1, -0.05) is 26.0 Å². The van der Waals surface area contributed by atoms with Crippen molar-refractivity contribution in [3.05, 3.63) is 29.6 Å². The molecule has 0 radical (unpaired) electrons. The van der Waals surface area contributed by atoms with E-state index in [1.165, 1.54) is 16.2 Å². The Morgan fingerprint density at radius 3 is 2.89 bits per heavy atom. The zero-order valence-electron chi connectivity index (χ0n) is 16.3. The zero-order chi connectivity index (χ0) is 20.1. The van der Waals surface area contributed by atoms with Crippen molar-refractivity contribution in [1.82, 2.24) is 9.88 Å². The van der Waals surface area contributed by atoms with Crippen LogP contribution in [0.3, 0.4) is 0 Å². The summed E-state index contributed by atoms with van der Waals surface area (Å²) in [5.74, 6) is 0.739. The third-order valence-electron chi connectivity index (χ3n) is 4.45. The van der Waals surface area contributed by atoms with Crippen molar-refractivity contribution in [3.8, 4) is 17.0 Å². The smallest absolute Gasteiger partial charge is 0.410 e. The first-order chi connectivity index (χ1) is 13.5. The van der Waals surface area contributed by atoms with E-state index in [2.05, 4.69) is 10.3 Å². The number of carbonyl (C=O) groups excluding carboxylic acids is 2. The monoisotopic (exact) mass is 403 g/mol. The molecule has 28 heavy (non-hydrogen) atoms. The number of amides is 2. The van der Waals surface area contributed by atoms with E-state index in [0.717, 1.165) is 23.4 Å². The summed E-state index contributed by atoms with van der Waals surface area (Å²) in [7, 11) is 1.61. The number of anilines is 1. The summed E-state index contributed by atoms with van der Waals surface area (Å²) in [4.78, 5) is 31.0. The number of likely N-dealkylation sites (tertiary alicyclic amines) is 1. The lowest BCUT2D eigenvalue weighted by molar-refractivity contribution is -0.120. The molecule has 1 aliphatic rings. The molecule has 1 unspecified atom stereocenters. The third-order valence-corrected chi connectivity index (χ3v) is 5.21. The van der Waals surface area contributed by atoms with E-state index in [1.807, 2.05) is 43.5 Å². The predicted molar refractivity (Wildman–Crippen MR) is 109 cm³/mol. The highest BCUT2D eigenvalue weighted by Crippen LogP contribution is 2.32. The van der Waals surface area contributed by atoms with Crippen LogP contribution in [0.25, 0.3) is 11.3 Å². The number of aromatic nitrogens is 1. The van der Waals surface area contributed by atoms with Gasteiger partial charge >= 0.3 is 6.09 Å². The fraction of sp³-hybridized carbons (Fsp3) is 0.450. The summed E-state index contributed by atoms with van der Waals surface area (Å²) in [6, 6.07) is 7.06. The lowest BCUT2D eigenvalue weighted by atomic mass is 10.1. The van der Waals surface area contributed by atoms with Crippen LogP contribution in [0.1, 0.15) is 26.7 Å². The van der Waals surface area contributed by atoms with Crippen LogP contribution in [0, 0.1) is 5.92 Å². The molecule has 0 saturated carbocycles. The Bertz CT molecular complexity index is 836. The van der Waals surface area contributed by atoms with Crippen molar-refractivity contribution in [3.63, 3.8) is 0 Å². The van der Waals surface area contributed by atoms with Crippen molar-refractivity contribution < 1.29 is 19.1 Å². The molecule has 1 atom stereocenters. The van der Waals surface area contributed by atoms with E-state index in [0.29, 0.717) is 24.7 Å². The average Bonchev–Trinajstić information content (AvgIpc) is 3.35. The van der Waals surface area contributed by atoms with Crippen molar-refractivity contribution in [2.45, 2.75) is 32.7 Å². The molecule has 2 heterocycles. The number of thiazole rings is 1. The zero-order valence-corrected chi connectivity index (χ0v) is 17.1. The van der Waals surface area contributed by atoms with Crippen molar-refractivity contribution in [2.24, 2.45) is 5.92 Å². The molecule has 2 aromatic rings. The molecular formula is C20H25N3O4S. The van der Waals surface area contributed by atoms with Gasteiger partial charge in [-0.15, -0.1) is 11.3 Å². The fourth-order valence-electron chi connectivity index (χ4n) is 3.08. The van der Waals surface area contributed by atoms with Gasteiger partial charge in [0.05, 0.1) is 19.4 Å². The number of carbonyl (C=O) groups is 2. The van der Waals surface area contributed by atoms with Crippen molar-refractivity contribution in [1.29, 1.82) is 0 Å². The first kappa shape index (κ1) is 20.1. The van der Waals surface area contributed by atoms with E-state index >= 15 is 0 Å². The molecule has 8 heteroatoms. The fourth-order valence-corrected chi connectivity index (χ4v) is 3.79. The number of ether oxygens (including phenoxy) is 2. The number of benzene rings is 1. The lowest BCUT2D eigenvalue weighted by Crippen LogP contribution is -2.43. The average molecular weight is 404 g/mol. The number of hydrogen-bond acceptors (Lipinski definition) is 6. The highest BCUT2D eigenvalue weighted by molar-refractivity contribution is 7.14. The van der Waals surface area contributed by atoms with Crippen molar-refractivity contribution >= 4 is 28.5 Å². The molecule has 1 aromatic carbocycles. The van der Waals surface area contributed by atoms with Gasteiger partial charge in [0, 0.05) is 17.5 Å². The summed E-state index contributed by atoms with van der Waals surface area (Å²) < 4.78 is 10.7. The van der Waals surface area contributed by atoms with Gasteiger partial charge in [0.25, 0.3) is 0 Å². The highest BCUT2D eigenvalue weighted by atomic mass is 32.1. The Morgan fingerprint density at radius 1 is 1.36 bits per heavy atom. The second kappa shape index (κ2) is 9.05. The van der Waals surface area contributed by atoms with Gasteiger partial charge in [0.2, 0.25) is 5.91 Å². The number of para-hydroxylation sites is 1. The maximum atomic E-state index is 12.7. The number of rotatable bonds is 6. The number of hydrogen-bond donors (Lipinski definition) is 1. The maximum absolute atomic E-state index is 12.7. The van der Waals surface area contributed by atoms with Gasteiger partial charge in [-0.05, 0) is 30.9 Å². The molecule has 1 aromatic heterocycles. The van der Waals surface area contributed by atoms with Crippen LogP contribution in [0.15, 0.2) is 29.6 Å². The van der Waals surface area contributed by atoms with Crippen LogP contribution in [-0.2, 0) is 9.53 Å². The van der Waals surface area contributed by atoms with Crippen LogP contribution in [0.4, 0.5) is 9.93 Å². The predicted octanol–water partition coefficient (Wildman–Crippen LogP) is 4.01. The van der Waals surface area contributed by atoms with E-state index < -0.39 is 12.1 Å². The second-order valence-electron chi connectivity index (χ2n) is 7.05. The lowest BCUT2D eigenvalue weighted by Gasteiger charge is -2.23. The molecule has 7 nitrogen and oxygen atoms in total. The number of methoxy groups -OCH3 is 1. The molecule has 0 aliphatic carbocycles. The van der Waals surface area contributed by atoms with Gasteiger partial charge in [-0.2, -0.15) is 0 Å². The van der Waals surface area contributed by atoms with Gasteiger partial charge in [0.15, 0.2) is 5.13 Å². The van der Waals surface area contributed by atoms with E-state index in [-0.39, 0.29) is 11.8 Å². The molecule has 1 fully saturated rings. The summed E-state index contributed by atoms with van der Waals surface area (Å²) in [5, 5.41) is 5.21. The van der Waals surface area contributed by atoms with Gasteiger partial charge in [-0.25, -0.2) is 9.78 Å². The molecule has 1 N–H and O–H groups in total. The summed E-state index contributed by atoms with van der Waals surface area (Å²) in [6.45, 7) is 4.82. The summed E-state index contributed by atoms with van der Waals surface area (Å²) in [5.41, 5.74) is 1.60. The minimum atomic E-state index is -0.529. The van der Waals surface area contributed by atoms with Gasteiger partial charge < -0.3 is 14.8 Å². The molecular weight excluding hydrogens is 378 g/mol. The van der Waals surface area contributed by atoms with Gasteiger partial charge in [0.1, 0.15) is 11.8 Å². The van der Waals surface area contributed by atoms with Crippen LogP contribution in [-0.4, -0.2) is 48.2 Å². The minimum Gasteiger partial charge on any atom is -0.496 e. The molecule has 0 spiro atoms. The standard InChI is InChI=1S/C20H25N3O4S/c1-13(2)11-27-20(25)23-10-6-8-16(23)18(24)22-19-21-15(12-28-19)14-7-4-5-9-17(14)26-3/h4-5,7,9,12-13,16H,6,8,10-11H2,1-3H3,(H,21,22,24). The van der Waals surface area contributed by atoms with Crippen LogP contribution in [0.2, 0.25) is 0 Å². The highest BCUT2D eigenvalue weighted by Gasteiger charge is 2.35. The minimum absolute atomic E-state index is 0.236. The molecule has 1 aliphatic heterocycles. The van der Waals surface area contributed by atoms with Crippen LogP contribution >= 0.6 is 11.3 Å². The Morgan fingerprint density at radius 2 is 2.14 bits per heavy atom. The van der Waals surface area contributed by atoms with Crippen LogP contribution in [0.5, 0.6) is 5.75 Å². The number of nitrogens with zero attached hydrogens (tertiary/aromatic N) is 2. The first-order valence-electron chi connectivity index (χ1n) is 9.32. The Balaban J connectivity index is 1.66. The third kappa shape index (κ3) is 4.62. The molecule has 3 rings (SSSR count). The number of nitrogens with one attached hydrogen (secondary N) is 1. The summed E-state index contributed by atoms with van der Waals surface area (Å²) >= 11 is 1.34. The largest absolute Gasteiger partial charge is 0.496 e. The normalized spacial score (nSPS) is 16.3. The Kier molecular flexibility index (Phi) is 6.51. The second-order valence-corrected chi connectivity index (χ2v) is 7.91. The topological polar surface area (TPSA) is 80.8 Å². The van der Waals surface area contributed by atoms with Crippen LogP contribution < -0.4 is 10.1 Å². The quantitative estimate of drug-likeness (QED) is 0.788. The summed E-state index contributed by atoms with van der Waals surface area (Å²) in [6.07, 6.45) is 0.965. The van der Waals surface area contributed by atoms with E-state index in [4.69, 9.17) is 9.47 Å².